The van der Waals surface area contributed by atoms with Crippen LogP contribution in [0.15, 0.2) is 0 Å². The largest absolute Gasteiger partial charge is 0.397 e. The van der Waals surface area contributed by atoms with Crippen LogP contribution in [-0.4, -0.2) is 32.6 Å². The maximum Gasteiger partial charge on any atom is 0.171 e. The highest BCUT2D eigenvalue weighted by Gasteiger charge is 2.33. The van der Waals surface area contributed by atoms with Crippen molar-refractivity contribution in [2.24, 2.45) is 5.92 Å². The average Bonchev–Trinajstić information content (AvgIpc) is 3.22. The Bertz CT molecular complexity index is 531. The van der Waals surface area contributed by atoms with Crippen LogP contribution in [0, 0.1) is 5.92 Å². The third-order valence-corrected chi connectivity index (χ3v) is 5.93. The summed E-state index contributed by atoms with van der Waals surface area (Å²) in [6.07, 6.45) is 4.67. The number of thiophene rings is 1. The Morgan fingerprint density at radius 3 is 2.57 bits per heavy atom. The normalized spacial score (nSPS) is 19.7. The van der Waals surface area contributed by atoms with Gasteiger partial charge in [-0.05, 0) is 37.5 Å². The van der Waals surface area contributed by atoms with E-state index in [2.05, 4.69) is 11.9 Å². The van der Waals surface area contributed by atoms with Gasteiger partial charge in [0.2, 0.25) is 0 Å². The van der Waals surface area contributed by atoms with Gasteiger partial charge in [-0.2, -0.15) is 0 Å². The molecule has 1 aliphatic heterocycles. The fourth-order valence-corrected chi connectivity index (χ4v) is 4.33. The second-order valence-electron chi connectivity index (χ2n) is 6.33. The van der Waals surface area contributed by atoms with Crippen molar-refractivity contribution in [3.05, 3.63) is 10.4 Å². The number of rotatable bonds is 5. The second-order valence-corrected chi connectivity index (χ2v) is 7.33. The van der Waals surface area contributed by atoms with E-state index in [9.17, 15) is 4.79 Å². The maximum absolute atomic E-state index is 11.8. The molecular weight excluding hydrogens is 284 g/mol. The van der Waals surface area contributed by atoms with E-state index in [1.165, 1.54) is 23.4 Å². The molecule has 0 spiro atoms. The average molecular weight is 308 g/mol. The molecule has 2 fully saturated rings. The molecular formula is C16H24N2O2S. The molecule has 2 aliphatic rings. The van der Waals surface area contributed by atoms with E-state index in [-0.39, 0.29) is 5.78 Å². The van der Waals surface area contributed by atoms with Gasteiger partial charge in [-0.1, -0.05) is 0 Å². The molecule has 1 saturated heterocycles. The topological polar surface area (TPSA) is 55.6 Å². The standard InChI is InChI=1S/C16H24N2O2S/c1-10(19)15-14(17)13(12-3-4-12)16(21-15)18(2)9-11-5-7-20-8-6-11/h11-12H,3-9,17H2,1-2H3. The van der Waals surface area contributed by atoms with Gasteiger partial charge in [0.05, 0.1) is 15.6 Å². The minimum Gasteiger partial charge on any atom is -0.397 e. The first kappa shape index (κ1) is 14.9. The number of hydrogen-bond acceptors (Lipinski definition) is 5. The third kappa shape index (κ3) is 3.09. The smallest absolute Gasteiger partial charge is 0.171 e. The van der Waals surface area contributed by atoms with E-state index >= 15 is 0 Å². The number of Topliss-reactive ketones (excluding diaryl/α,β-unsaturated/α-hetero) is 1. The first-order valence-corrected chi connectivity index (χ1v) is 8.61. The summed E-state index contributed by atoms with van der Waals surface area (Å²) < 4.78 is 5.43. The van der Waals surface area contributed by atoms with E-state index in [1.54, 1.807) is 18.3 Å². The quantitative estimate of drug-likeness (QED) is 0.848. The Balaban J connectivity index is 1.82. The van der Waals surface area contributed by atoms with Gasteiger partial charge in [-0.25, -0.2) is 0 Å². The van der Waals surface area contributed by atoms with E-state index in [0.717, 1.165) is 43.2 Å². The molecule has 2 heterocycles. The molecule has 1 aromatic heterocycles. The number of hydrogen-bond donors (Lipinski definition) is 1. The Labute approximate surface area is 130 Å². The zero-order valence-corrected chi connectivity index (χ0v) is 13.7. The molecule has 4 nitrogen and oxygen atoms in total. The molecule has 1 aliphatic carbocycles. The lowest BCUT2D eigenvalue weighted by Crippen LogP contribution is -2.29. The van der Waals surface area contributed by atoms with E-state index in [0.29, 0.717) is 11.8 Å². The third-order valence-electron chi connectivity index (χ3n) is 4.49. The first-order chi connectivity index (χ1) is 10.1. The molecule has 3 rings (SSSR count). The number of nitrogens with zero attached hydrogens (tertiary/aromatic N) is 1. The van der Waals surface area contributed by atoms with Crippen molar-refractivity contribution < 1.29 is 9.53 Å². The van der Waals surface area contributed by atoms with Crippen LogP contribution >= 0.6 is 11.3 Å². The van der Waals surface area contributed by atoms with Crippen molar-refractivity contribution in [2.75, 3.05) is 37.4 Å². The lowest BCUT2D eigenvalue weighted by Gasteiger charge is -2.28. The molecule has 5 heteroatoms. The zero-order chi connectivity index (χ0) is 15.0. The molecule has 21 heavy (non-hydrogen) atoms. The molecule has 0 atom stereocenters. The Morgan fingerprint density at radius 1 is 1.33 bits per heavy atom. The van der Waals surface area contributed by atoms with Crippen LogP contribution in [0.2, 0.25) is 0 Å². The van der Waals surface area contributed by atoms with Crippen molar-refractivity contribution in [1.82, 2.24) is 0 Å². The van der Waals surface area contributed by atoms with Crippen LogP contribution in [0.5, 0.6) is 0 Å². The van der Waals surface area contributed by atoms with Gasteiger partial charge < -0.3 is 15.4 Å². The molecule has 1 aromatic rings. The summed E-state index contributed by atoms with van der Waals surface area (Å²) in [6.45, 7) is 4.39. The molecule has 0 radical (unpaired) electrons. The van der Waals surface area contributed by atoms with Crippen molar-refractivity contribution in [2.45, 2.75) is 38.5 Å². The maximum atomic E-state index is 11.8. The van der Waals surface area contributed by atoms with Gasteiger partial charge in [0.25, 0.3) is 0 Å². The van der Waals surface area contributed by atoms with Crippen molar-refractivity contribution >= 4 is 27.8 Å². The van der Waals surface area contributed by atoms with Crippen molar-refractivity contribution in [3.63, 3.8) is 0 Å². The van der Waals surface area contributed by atoms with Gasteiger partial charge >= 0.3 is 0 Å². The predicted molar refractivity (Wildman–Crippen MR) is 87.5 cm³/mol. The molecule has 1 saturated carbocycles. The summed E-state index contributed by atoms with van der Waals surface area (Å²) in [5, 5.41) is 1.21. The van der Waals surface area contributed by atoms with Crippen LogP contribution in [-0.2, 0) is 4.74 Å². The minimum absolute atomic E-state index is 0.0881. The van der Waals surface area contributed by atoms with Crippen LogP contribution < -0.4 is 10.6 Å². The number of ketones is 1. The molecule has 116 valence electrons. The second kappa shape index (κ2) is 5.97. The van der Waals surface area contributed by atoms with Crippen LogP contribution in [0.3, 0.4) is 0 Å². The fraction of sp³-hybridized carbons (Fsp3) is 0.688. The Hall–Kier alpha value is -1.07. The fourth-order valence-electron chi connectivity index (χ4n) is 3.15. The summed E-state index contributed by atoms with van der Waals surface area (Å²) in [5.41, 5.74) is 8.24. The number of nitrogen functional groups attached to an aromatic ring is 1. The summed E-state index contributed by atoms with van der Waals surface area (Å²) in [6, 6.07) is 0. The Morgan fingerprint density at radius 2 is 2.00 bits per heavy atom. The highest BCUT2D eigenvalue weighted by Crippen LogP contribution is 2.52. The number of carbonyl (C=O) groups excluding carboxylic acids is 1. The summed E-state index contributed by atoms with van der Waals surface area (Å²) in [7, 11) is 2.14. The summed E-state index contributed by atoms with van der Waals surface area (Å²) in [4.78, 5) is 14.8. The lowest BCUT2D eigenvalue weighted by molar-refractivity contribution is 0.0685. The van der Waals surface area contributed by atoms with E-state index in [1.807, 2.05) is 0 Å². The number of ether oxygens (including phenoxy) is 1. The van der Waals surface area contributed by atoms with Crippen LogP contribution in [0.1, 0.15) is 53.8 Å². The highest BCUT2D eigenvalue weighted by atomic mass is 32.1. The molecule has 0 aromatic carbocycles. The molecule has 0 unspecified atom stereocenters. The van der Waals surface area contributed by atoms with Gasteiger partial charge in [0, 0.05) is 39.3 Å². The minimum atomic E-state index is 0.0881. The SMILES string of the molecule is CC(=O)c1sc(N(C)CC2CCOCC2)c(C2CC2)c1N. The van der Waals surface area contributed by atoms with Crippen molar-refractivity contribution in [3.8, 4) is 0 Å². The molecule has 0 amide bonds. The lowest BCUT2D eigenvalue weighted by atomic mass is 10.00. The predicted octanol–water partition coefficient (Wildman–Crippen LogP) is 3.27. The molecule has 2 N–H and O–H groups in total. The summed E-state index contributed by atoms with van der Waals surface area (Å²) >= 11 is 1.58. The Kier molecular flexibility index (Phi) is 4.22. The van der Waals surface area contributed by atoms with Crippen molar-refractivity contribution in [1.29, 1.82) is 0 Å². The highest BCUT2D eigenvalue weighted by molar-refractivity contribution is 7.18. The monoisotopic (exact) mass is 308 g/mol. The zero-order valence-electron chi connectivity index (χ0n) is 12.9. The number of carbonyl (C=O) groups is 1. The van der Waals surface area contributed by atoms with Gasteiger partial charge in [-0.15, -0.1) is 11.3 Å². The van der Waals surface area contributed by atoms with Gasteiger partial charge in [0.15, 0.2) is 5.78 Å². The van der Waals surface area contributed by atoms with Gasteiger partial charge in [-0.3, -0.25) is 4.79 Å². The number of nitrogens with two attached hydrogens (primary N) is 1. The number of anilines is 2. The van der Waals surface area contributed by atoms with E-state index < -0.39 is 0 Å². The van der Waals surface area contributed by atoms with Crippen LogP contribution in [0.25, 0.3) is 0 Å². The first-order valence-electron chi connectivity index (χ1n) is 7.80. The van der Waals surface area contributed by atoms with E-state index in [4.69, 9.17) is 10.5 Å². The van der Waals surface area contributed by atoms with Crippen LogP contribution in [0.4, 0.5) is 10.7 Å². The molecule has 0 bridgehead atoms. The van der Waals surface area contributed by atoms with Gasteiger partial charge in [0.1, 0.15) is 0 Å². The summed E-state index contributed by atoms with van der Waals surface area (Å²) in [5.74, 6) is 1.34.